The van der Waals surface area contributed by atoms with Crippen LogP contribution in [0.2, 0.25) is 0 Å². The smallest absolute Gasteiger partial charge is 0.267 e. The van der Waals surface area contributed by atoms with Gasteiger partial charge in [0.25, 0.3) is 5.56 Å². The average Bonchev–Trinajstić information content (AvgIpc) is 2.84. The number of aromatic amines is 1. The van der Waals surface area contributed by atoms with E-state index in [9.17, 15) is 18.8 Å². The third-order valence-corrected chi connectivity index (χ3v) is 5.92. The highest BCUT2D eigenvalue weighted by Crippen LogP contribution is 2.24. The van der Waals surface area contributed by atoms with Crippen LogP contribution >= 0.6 is 0 Å². The van der Waals surface area contributed by atoms with Crippen molar-refractivity contribution in [2.75, 3.05) is 10.6 Å². The number of carbonyl (C=O) groups excluding carboxylic acids is 2. The fraction of sp³-hybridized carbons (Fsp3) is 0.308. The number of hydrogen-bond acceptors (Lipinski definition) is 4. The Morgan fingerprint density at radius 3 is 2.41 bits per heavy atom. The maximum atomic E-state index is 14.3. The molecular weight excluding hydrogens is 435 g/mol. The van der Waals surface area contributed by atoms with Gasteiger partial charge in [-0.05, 0) is 67.5 Å². The van der Waals surface area contributed by atoms with Gasteiger partial charge in [-0.15, -0.1) is 0 Å². The first-order chi connectivity index (χ1) is 16.5. The van der Waals surface area contributed by atoms with Gasteiger partial charge in [0.1, 0.15) is 5.82 Å². The number of H-pyrrole nitrogens is 1. The molecule has 34 heavy (non-hydrogen) atoms. The number of halogens is 1. The van der Waals surface area contributed by atoms with E-state index >= 15 is 0 Å². The zero-order valence-corrected chi connectivity index (χ0v) is 18.8. The first kappa shape index (κ1) is 23.4. The molecule has 2 aromatic carbocycles. The number of nitrogens with zero attached hydrogens (tertiary/aromatic N) is 1. The topological polar surface area (TPSA) is 104 Å². The van der Waals surface area contributed by atoms with Crippen LogP contribution in [0.1, 0.15) is 54.5 Å². The van der Waals surface area contributed by atoms with Gasteiger partial charge in [0.2, 0.25) is 11.8 Å². The normalized spacial score (nSPS) is 12.6. The second-order valence-corrected chi connectivity index (χ2v) is 8.47. The Balaban J connectivity index is 1.34. The summed E-state index contributed by atoms with van der Waals surface area (Å²) in [5, 5.41) is 12.2. The Kier molecular flexibility index (Phi) is 7.47. The number of anilines is 2. The van der Waals surface area contributed by atoms with E-state index in [1.807, 2.05) is 18.2 Å². The standard InChI is InChI=1S/C26H27FN4O3/c27-21-14-13-17(15-22-19-9-4-5-10-20(19)26(34)31-30-22)16-23(21)29-25(33)12-6-11-24(32)28-18-7-2-1-3-8-18/h1-3,7-8,13-14,16H,4-6,9-12,15H2,(H,28,32)(H,29,33)(H,31,34). The van der Waals surface area contributed by atoms with Crippen molar-refractivity contribution >= 4 is 23.2 Å². The van der Waals surface area contributed by atoms with Gasteiger partial charge in [0.05, 0.1) is 11.4 Å². The molecule has 0 unspecified atom stereocenters. The third-order valence-electron chi connectivity index (χ3n) is 5.92. The van der Waals surface area contributed by atoms with Crippen LogP contribution < -0.4 is 16.2 Å². The molecule has 7 nitrogen and oxygen atoms in total. The van der Waals surface area contributed by atoms with E-state index < -0.39 is 5.82 Å². The van der Waals surface area contributed by atoms with Crippen molar-refractivity contribution in [3.05, 3.63) is 87.1 Å². The number of fused-ring (bicyclic) bond motifs is 1. The van der Waals surface area contributed by atoms with Crippen LogP contribution in [0.25, 0.3) is 0 Å². The number of rotatable bonds is 8. The number of hydrogen-bond donors (Lipinski definition) is 3. The average molecular weight is 463 g/mol. The molecule has 1 heterocycles. The van der Waals surface area contributed by atoms with Gasteiger partial charge in [-0.3, -0.25) is 14.4 Å². The fourth-order valence-corrected chi connectivity index (χ4v) is 4.21. The zero-order valence-electron chi connectivity index (χ0n) is 18.8. The Bertz CT molecular complexity index is 1240. The van der Waals surface area contributed by atoms with Gasteiger partial charge in [-0.25, -0.2) is 9.49 Å². The molecule has 0 bridgehead atoms. The number of aromatic nitrogens is 2. The second-order valence-electron chi connectivity index (χ2n) is 8.47. The van der Waals surface area contributed by atoms with Crippen LogP contribution in [-0.2, 0) is 28.9 Å². The molecule has 0 aliphatic heterocycles. The molecule has 0 saturated carbocycles. The molecule has 1 aromatic heterocycles. The van der Waals surface area contributed by atoms with E-state index in [1.165, 1.54) is 6.07 Å². The van der Waals surface area contributed by atoms with Crippen molar-refractivity contribution in [3.8, 4) is 0 Å². The molecule has 1 aliphatic carbocycles. The fourth-order valence-electron chi connectivity index (χ4n) is 4.21. The van der Waals surface area contributed by atoms with Crippen molar-refractivity contribution < 1.29 is 14.0 Å². The van der Waals surface area contributed by atoms with E-state index in [1.54, 1.807) is 24.3 Å². The zero-order chi connectivity index (χ0) is 23.9. The highest BCUT2D eigenvalue weighted by Gasteiger charge is 2.18. The molecule has 0 spiro atoms. The lowest BCUT2D eigenvalue weighted by Gasteiger charge is -2.17. The summed E-state index contributed by atoms with van der Waals surface area (Å²) in [4.78, 5) is 36.4. The molecular formula is C26H27FN4O3. The highest BCUT2D eigenvalue weighted by molar-refractivity contribution is 5.93. The van der Waals surface area contributed by atoms with E-state index in [0.29, 0.717) is 18.5 Å². The summed E-state index contributed by atoms with van der Waals surface area (Å²) < 4.78 is 14.3. The quantitative estimate of drug-likeness (QED) is 0.468. The summed E-state index contributed by atoms with van der Waals surface area (Å²) in [6, 6.07) is 13.7. The Hall–Kier alpha value is -3.81. The maximum Gasteiger partial charge on any atom is 0.267 e. The Morgan fingerprint density at radius 1 is 0.941 bits per heavy atom. The van der Waals surface area contributed by atoms with Gasteiger partial charge in [-0.1, -0.05) is 24.3 Å². The van der Waals surface area contributed by atoms with Gasteiger partial charge >= 0.3 is 0 Å². The predicted molar refractivity (Wildman–Crippen MR) is 128 cm³/mol. The minimum atomic E-state index is -0.532. The number of nitrogens with one attached hydrogen (secondary N) is 3. The SMILES string of the molecule is O=C(CCCC(=O)Nc1cc(Cc2n[nH]c(=O)c3c2CCCC3)ccc1F)Nc1ccccc1. The molecule has 3 N–H and O–H groups in total. The molecule has 0 fully saturated rings. The van der Waals surface area contributed by atoms with Crippen LogP contribution in [0.4, 0.5) is 15.8 Å². The monoisotopic (exact) mass is 462 g/mol. The molecule has 1 aliphatic rings. The summed E-state index contributed by atoms with van der Waals surface area (Å²) in [7, 11) is 0. The van der Waals surface area contributed by atoms with Crippen molar-refractivity contribution in [2.24, 2.45) is 0 Å². The van der Waals surface area contributed by atoms with Crippen LogP contribution in [0, 0.1) is 5.82 Å². The third kappa shape index (κ3) is 5.95. The predicted octanol–water partition coefficient (Wildman–Crippen LogP) is 4.13. The first-order valence-electron chi connectivity index (χ1n) is 11.5. The van der Waals surface area contributed by atoms with E-state index in [2.05, 4.69) is 20.8 Å². The Morgan fingerprint density at radius 2 is 1.65 bits per heavy atom. The minimum absolute atomic E-state index is 0.0922. The molecule has 8 heteroatoms. The van der Waals surface area contributed by atoms with E-state index in [-0.39, 0.29) is 35.9 Å². The lowest BCUT2D eigenvalue weighted by atomic mass is 9.90. The van der Waals surface area contributed by atoms with Crippen molar-refractivity contribution in [1.29, 1.82) is 0 Å². The largest absolute Gasteiger partial charge is 0.326 e. The van der Waals surface area contributed by atoms with E-state index in [4.69, 9.17) is 0 Å². The Labute approximate surface area is 196 Å². The lowest BCUT2D eigenvalue weighted by molar-refractivity contribution is -0.117. The van der Waals surface area contributed by atoms with Crippen LogP contribution in [0.5, 0.6) is 0 Å². The summed E-state index contributed by atoms with van der Waals surface area (Å²) in [6.07, 6.45) is 4.62. The van der Waals surface area contributed by atoms with Crippen molar-refractivity contribution in [3.63, 3.8) is 0 Å². The van der Waals surface area contributed by atoms with Gasteiger partial charge < -0.3 is 10.6 Å². The number of amides is 2. The molecule has 0 radical (unpaired) electrons. The molecule has 0 saturated heterocycles. The number of carbonyl (C=O) groups is 2. The van der Waals surface area contributed by atoms with Crippen LogP contribution in [-0.4, -0.2) is 22.0 Å². The van der Waals surface area contributed by atoms with Gasteiger partial charge in [-0.2, -0.15) is 5.10 Å². The van der Waals surface area contributed by atoms with Crippen molar-refractivity contribution in [1.82, 2.24) is 10.2 Å². The molecule has 4 rings (SSSR count). The van der Waals surface area contributed by atoms with Crippen molar-refractivity contribution in [2.45, 2.75) is 51.4 Å². The summed E-state index contributed by atoms with van der Waals surface area (Å²) in [5.41, 5.74) is 4.00. The number of para-hydroxylation sites is 1. The van der Waals surface area contributed by atoms with Crippen LogP contribution in [0.15, 0.2) is 53.3 Å². The second kappa shape index (κ2) is 10.9. The summed E-state index contributed by atoms with van der Waals surface area (Å²) >= 11 is 0. The summed E-state index contributed by atoms with van der Waals surface area (Å²) in [5.74, 6) is -1.07. The first-order valence-corrected chi connectivity index (χ1v) is 11.5. The van der Waals surface area contributed by atoms with Crippen LogP contribution in [0.3, 0.4) is 0 Å². The summed E-state index contributed by atoms with van der Waals surface area (Å²) in [6.45, 7) is 0. The highest BCUT2D eigenvalue weighted by atomic mass is 19.1. The maximum absolute atomic E-state index is 14.3. The van der Waals surface area contributed by atoms with Gasteiger partial charge in [0, 0.05) is 30.5 Å². The number of benzene rings is 2. The molecule has 0 atom stereocenters. The minimum Gasteiger partial charge on any atom is -0.326 e. The van der Waals surface area contributed by atoms with E-state index in [0.717, 1.165) is 48.1 Å². The lowest BCUT2D eigenvalue weighted by Crippen LogP contribution is -2.23. The van der Waals surface area contributed by atoms with Gasteiger partial charge in [0.15, 0.2) is 0 Å². The molecule has 3 aromatic rings. The molecule has 176 valence electrons. The molecule has 2 amide bonds.